The molecule has 0 aliphatic carbocycles. The van der Waals surface area contributed by atoms with E-state index < -0.39 is 0 Å². The fourth-order valence-corrected chi connectivity index (χ4v) is 2.46. The zero-order valence-corrected chi connectivity index (χ0v) is 14.2. The van der Waals surface area contributed by atoms with Gasteiger partial charge in [-0.3, -0.25) is 4.79 Å². The van der Waals surface area contributed by atoms with Gasteiger partial charge in [0.1, 0.15) is 5.75 Å². The molecule has 0 saturated carbocycles. The first kappa shape index (κ1) is 16.6. The highest BCUT2D eigenvalue weighted by atomic mass is 16.5. The third-order valence-electron chi connectivity index (χ3n) is 3.73. The number of para-hydroxylation sites is 2. The van der Waals surface area contributed by atoms with Gasteiger partial charge >= 0.3 is 0 Å². The van der Waals surface area contributed by atoms with Crippen LogP contribution in [0.25, 0.3) is 11.5 Å². The lowest BCUT2D eigenvalue weighted by molar-refractivity contribution is 0.0996. The number of benzene rings is 2. The summed E-state index contributed by atoms with van der Waals surface area (Å²) < 4.78 is 16.1. The van der Waals surface area contributed by atoms with E-state index in [-0.39, 0.29) is 24.2 Å². The third kappa shape index (κ3) is 3.87. The molecule has 0 radical (unpaired) electrons. The highest BCUT2D eigenvalue weighted by Gasteiger charge is 2.16. The van der Waals surface area contributed by atoms with Crippen LogP contribution in [0.15, 0.2) is 81.9 Å². The molecule has 0 saturated heterocycles. The van der Waals surface area contributed by atoms with Crippen LogP contribution in [-0.4, -0.2) is 16.0 Å². The molecule has 4 rings (SSSR count). The smallest absolute Gasteiger partial charge is 0.291 e. The number of aromatic nitrogens is 2. The number of anilines is 1. The van der Waals surface area contributed by atoms with Crippen molar-refractivity contribution in [3.63, 3.8) is 0 Å². The Hall–Kier alpha value is -3.87. The molecule has 0 aliphatic heterocycles. The molecule has 7 nitrogen and oxygen atoms in total. The van der Waals surface area contributed by atoms with Gasteiger partial charge in [-0.15, -0.1) is 0 Å². The van der Waals surface area contributed by atoms with Crippen molar-refractivity contribution in [1.29, 1.82) is 0 Å². The van der Waals surface area contributed by atoms with Crippen molar-refractivity contribution in [2.75, 3.05) is 5.32 Å². The third-order valence-corrected chi connectivity index (χ3v) is 3.73. The van der Waals surface area contributed by atoms with E-state index in [1.165, 1.54) is 6.26 Å². The Morgan fingerprint density at radius 3 is 2.63 bits per heavy atom. The maximum Gasteiger partial charge on any atom is 0.291 e. The van der Waals surface area contributed by atoms with Crippen LogP contribution < -0.4 is 10.1 Å². The van der Waals surface area contributed by atoms with Crippen molar-refractivity contribution in [3.05, 3.63) is 84.6 Å². The number of hydrogen-bond acceptors (Lipinski definition) is 6. The van der Waals surface area contributed by atoms with E-state index >= 15 is 0 Å². The summed E-state index contributed by atoms with van der Waals surface area (Å²) in [6.07, 6.45) is 1.44. The largest absolute Gasteiger partial charge is 0.485 e. The van der Waals surface area contributed by atoms with Gasteiger partial charge in [-0.2, -0.15) is 4.98 Å². The van der Waals surface area contributed by atoms with E-state index in [1.54, 1.807) is 30.3 Å². The molecule has 0 spiro atoms. The van der Waals surface area contributed by atoms with Crippen LogP contribution >= 0.6 is 0 Å². The molecule has 1 N–H and O–H groups in total. The highest BCUT2D eigenvalue weighted by Crippen LogP contribution is 2.27. The van der Waals surface area contributed by atoms with Gasteiger partial charge in [-0.05, 0) is 36.4 Å². The van der Waals surface area contributed by atoms with E-state index in [0.717, 1.165) is 5.75 Å². The van der Waals surface area contributed by atoms with Crippen LogP contribution in [0.3, 0.4) is 0 Å². The lowest BCUT2D eigenvalue weighted by Gasteiger charge is -2.06. The van der Waals surface area contributed by atoms with E-state index in [4.69, 9.17) is 13.7 Å². The molecule has 0 unspecified atom stereocenters. The second-order valence-electron chi connectivity index (χ2n) is 5.59. The number of ether oxygens (including phenoxy) is 1. The predicted molar refractivity (Wildman–Crippen MR) is 97.2 cm³/mol. The Bertz CT molecular complexity index is 1030. The Morgan fingerprint density at radius 1 is 1.00 bits per heavy atom. The fraction of sp³-hybridized carbons (Fsp3) is 0.0500. The van der Waals surface area contributed by atoms with Crippen molar-refractivity contribution in [3.8, 4) is 17.2 Å². The topological polar surface area (TPSA) is 90.4 Å². The number of hydrogen-bond donors (Lipinski definition) is 1. The zero-order chi connectivity index (χ0) is 18.5. The average Bonchev–Trinajstić information content (AvgIpc) is 3.40. The Balaban J connectivity index is 1.50. The molecule has 2 aromatic carbocycles. The standard InChI is InChI=1S/C20H15N3O4/c24-19(17-11-6-12-25-17)21-16-10-5-4-9-15(16)20-22-18(23-27-20)13-26-14-7-2-1-3-8-14/h1-12H,13H2,(H,21,24). The monoisotopic (exact) mass is 361 g/mol. The summed E-state index contributed by atoms with van der Waals surface area (Å²) in [5.41, 5.74) is 1.15. The number of carbonyl (C=O) groups excluding carboxylic acids is 1. The van der Waals surface area contributed by atoms with E-state index in [1.807, 2.05) is 36.4 Å². The number of rotatable bonds is 6. The van der Waals surface area contributed by atoms with Gasteiger partial charge < -0.3 is 19.0 Å². The highest BCUT2D eigenvalue weighted by molar-refractivity contribution is 6.04. The minimum absolute atomic E-state index is 0.175. The zero-order valence-electron chi connectivity index (χ0n) is 14.2. The molecule has 2 aromatic heterocycles. The van der Waals surface area contributed by atoms with Crippen LogP contribution in [0, 0.1) is 0 Å². The van der Waals surface area contributed by atoms with Crippen molar-refractivity contribution in [1.82, 2.24) is 10.1 Å². The SMILES string of the molecule is O=C(Nc1ccccc1-c1nc(COc2ccccc2)no1)c1ccco1. The summed E-state index contributed by atoms with van der Waals surface area (Å²) in [6, 6.07) is 19.8. The maximum absolute atomic E-state index is 12.2. The van der Waals surface area contributed by atoms with Crippen molar-refractivity contribution >= 4 is 11.6 Å². The number of nitrogens with one attached hydrogen (secondary N) is 1. The molecule has 134 valence electrons. The molecule has 1 amide bonds. The first-order chi connectivity index (χ1) is 13.3. The lowest BCUT2D eigenvalue weighted by atomic mass is 10.1. The van der Waals surface area contributed by atoms with Crippen molar-refractivity contribution in [2.45, 2.75) is 6.61 Å². The summed E-state index contributed by atoms with van der Waals surface area (Å²) in [7, 11) is 0. The van der Waals surface area contributed by atoms with Gasteiger partial charge in [0.2, 0.25) is 5.82 Å². The van der Waals surface area contributed by atoms with E-state index in [0.29, 0.717) is 17.1 Å². The van der Waals surface area contributed by atoms with Gasteiger partial charge in [0.25, 0.3) is 11.8 Å². The Kier molecular flexibility index (Phi) is 4.65. The average molecular weight is 361 g/mol. The van der Waals surface area contributed by atoms with Gasteiger partial charge in [0.05, 0.1) is 17.5 Å². The summed E-state index contributed by atoms with van der Waals surface area (Å²) >= 11 is 0. The molecule has 0 fully saturated rings. The van der Waals surface area contributed by atoms with E-state index in [2.05, 4.69) is 15.5 Å². The summed E-state index contributed by atoms with van der Waals surface area (Å²) in [4.78, 5) is 16.6. The number of nitrogens with zero attached hydrogens (tertiary/aromatic N) is 2. The minimum Gasteiger partial charge on any atom is -0.485 e. The second kappa shape index (κ2) is 7.57. The van der Waals surface area contributed by atoms with E-state index in [9.17, 15) is 4.79 Å². The molecule has 0 atom stereocenters. The second-order valence-corrected chi connectivity index (χ2v) is 5.59. The quantitative estimate of drug-likeness (QED) is 0.554. The first-order valence-corrected chi connectivity index (χ1v) is 8.24. The number of amides is 1. The minimum atomic E-state index is -0.361. The Morgan fingerprint density at radius 2 is 1.81 bits per heavy atom. The van der Waals surface area contributed by atoms with Gasteiger partial charge in [0, 0.05) is 0 Å². The summed E-state index contributed by atoms with van der Waals surface area (Å²) in [6.45, 7) is 0.175. The number of carbonyl (C=O) groups is 1. The van der Waals surface area contributed by atoms with Crippen LogP contribution in [0.1, 0.15) is 16.4 Å². The van der Waals surface area contributed by atoms with Crippen molar-refractivity contribution in [2.24, 2.45) is 0 Å². The van der Waals surface area contributed by atoms with Crippen LogP contribution in [-0.2, 0) is 6.61 Å². The van der Waals surface area contributed by atoms with Crippen molar-refractivity contribution < 1.29 is 18.5 Å². The van der Waals surface area contributed by atoms with Gasteiger partial charge in [0.15, 0.2) is 12.4 Å². The molecule has 0 aliphatic rings. The van der Waals surface area contributed by atoms with Gasteiger partial charge in [-0.25, -0.2) is 0 Å². The van der Waals surface area contributed by atoms with Crippen LogP contribution in [0.4, 0.5) is 5.69 Å². The summed E-state index contributed by atoms with van der Waals surface area (Å²) in [5, 5.41) is 6.72. The molecule has 27 heavy (non-hydrogen) atoms. The Labute approximate surface area is 154 Å². The maximum atomic E-state index is 12.2. The number of furan rings is 1. The molecule has 0 bridgehead atoms. The molecular weight excluding hydrogens is 346 g/mol. The molecule has 7 heteroatoms. The molecule has 2 heterocycles. The summed E-state index contributed by atoms with van der Waals surface area (Å²) in [5.74, 6) is 1.26. The molecule has 4 aromatic rings. The van der Waals surface area contributed by atoms with Crippen LogP contribution in [0.2, 0.25) is 0 Å². The van der Waals surface area contributed by atoms with Crippen LogP contribution in [0.5, 0.6) is 5.75 Å². The molecular formula is C20H15N3O4. The van der Waals surface area contributed by atoms with Gasteiger partial charge in [-0.1, -0.05) is 35.5 Å². The lowest BCUT2D eigenvalue weighted by Crippen LogP contribution is -2.11. The normalized spacial score (nSPS) is 10.5. The first-order valence-electron chi connectivity index (χ1n) is 8.24. The predicted octanol–water partition coefficient (Wildman–Crippen LogP) is 4.16. The fourth-order valence-electron chi connectivity index (χ4n) is 2.46.